The maximum absolute atomic E-state index is 12.1. The lowest BCUT2D eigenvalue weighted by Gasteiger charge is -2.09. The molecule has 1 heterocycles. The van der Waals surface area contributed by atoms with Crippen LogP contribution in [0.5, 0.6) is 0 Å². The van der Waals surface area contributed by atoms with E-state index in [1.165, 1.54) is 12.4 Å². The summed E-state index contributed by atoms with van der Waals surface area (Å²) in [5.74, 6) is 0. The highest BCUT2D eigenvalue weighted by Crippen LogP contribution is 2.28. The molecule has 15 heavy (non-hydrogen) atoms. The summed E-state index contributed by atoms with van der Waals surface area (Å²) in [5, 5.41) is -0.234. The highest BCUT2D eigenvalue weighted by molar-refractivity contribution is 9.10. The molecular formula is C9H11BrN2O2S. The molecule has 0 radical (unpaired) electrons. The van der Waals surface area contributed by atoms with E-state index < -0.39 is 9.84 Å². The summed E-state index contributed by atoms with van der Waals surface area (Å²) in [6.45, 7) is 0. The fraction of sp³-hybridized carbons (Fsp3) is 0.556. The van der Waals surface area contributed by atoms with Crippen LogP contribution in [0.4, 0.5) is 0 Å². The lowest BCUT2D eigenvalue weighted by molar-refractivity contribution is 0.578. The van der Waals surface area contributed by atoms with Gasteiger partial charge in [0, 0.05) is 0 Å². The first-order valence-corrected chi connectivity index (χ1v) is 7.16. The quantitative estimate of drug-likeness (QED) is 0.781. The van der Waals surface area contributed by atoms with E-state index in [0.717, 1.165) is 25.7 Å². The minimum atomic E-state index is -3.20. The lowest BCUT2D eigenvalue weighted by Crippen LogP contribution is -2.18. The van der Waals surface area contributed by atoms with Crippen LogP contribution in [0.1, 0.15) is 25.7 Å². The van der Waals surface area contributed by atoms with Gasteiger partial charge in [0.15, 0.2) is 14.6 Å². The van der Waals surface area contributed by atoms with Gasteiger partial charge in [0.2, 0.25) is 0 Å². The van der Waals surface area contributed by atoms with Crippen LogP contribution in [0.2, 0.25) is 0 Å². The van der Waals surface area contributed by atoms with Crippen molar-refractivity contribution in [1.29, 1.82) is 0 Å². The van der Waals surface area contributed by atoms with Gasteiger partial charge in [0.05, 0.1) is 17.6 Å². The highest BCUT2D eigenvalue weighted by atomic mass is 79.9. The summed E-state index contributed by atoms with van der Waals surface area (Å²) in [4.78, 5) is 7.92. The third-order valence-electron chi connectivity index (χ3n) is 2.67. The zero-order valence-corrected chi connectivity index (χ0v) is 10.5. The van der Waals surface area contributed by atoms with Crippen LogP contribution in [0.25, 0.3) is 0 Å². The molecule has 1 saturated carbocycles. The average Bonchev–Trinajstić information content (AvgIpc) is 2.71. The fourth-order valence-corrected chi connectivity index (χ4v) is 3.78. The number of halogens is 1. The first-order chi connectivity index (χ1) is 7.10. The molecule has 1 aliphatic rings. The van der Waals surface area contributed by atoms with Crippen LogP contribution in [-0.4, -0.2) is 23.6 Å². The van der Waals surface area contributed by atoms with Crippen molar-refractivity contribution in [2.75, 3.05) is 0 Å². The largest absolute Gasteiger partial charge is 0.229 e. The van der Waals surface area contributed by atoms with Crippen LogP contribution in [-0.2, 0) is 9.84 Å². The van der Waals surface area contributed by atoms with Crippen molar-refractivity contribution in [3.8, 4) is 0 Å². The second kappa shape index (κ2) is 4.17. The lowest BCUT2D eigenvalue weighted by atomic mass is 10.4. The van der Waals surface area contributed by atoms with Gasteiger partial charge in [-0.2, -0.15) is 0 Å². The van der Waals surface area contributed by atoms with Crippen molar-refractivity contribution in [2.45, 2.75) is 35.8 Å². The normalized spacial score (nSPS) is 18.2. The Labute approximate surface area is 97.2 Å². The molecule has 0 amide bonds. The molecule has 6 heteroatoms. The Morgan fingerprint density at radius 3 is 2.27 bits per heavy atom. The molecule has 0 N–H and O–H groups in total. The fourth-order valence-electron chi connectivity index (χ4n) is 1.84. The van der Waals surface area contributed by atoms with E-state index in [1.807, 2.05) is 0 Å². The molecule has 0 spiro atoms. The molecule has 0 unspecified atom stereocenters. The summed E-state index contributed by atoms with van der Waals surface area (Å²) in [7, 11) is -3.20. The van der Waals surface area contributed by atoms with E-state index >= 15 is 0 Å². The van der Waals surface area contributed by atoms with Crippen molar-refractivity contribution in [3.63, 3.8) is 0 Å². The topological polar surface area (TPSA) is 59.9 Å². The maximum Gasteiger partial charge on any atom is 0.196 e. The Bertz CT molecular complexity index is 438. The van der Waals surface area contributed by atoms with Crippen molar-refractivity contribution < 1.29 is 8.42 Å². The first kappa shape index (κ1) is 11.0. The molecule has 0 atom stereocenters. The average molecular weight is 291 g/mol. The van der Waals surface area contributed by atoms with E-state index in [4.69, 9.17) is 0 Å². The van der Waals surface area contributed by atoms with Gasteiger partial charge < -0.3 is 0 Å². The Kier molecular flexibility index (Phi) is 3.06. The zero-order valence-electron chi connectivity index (χ0n) is 8.06. The van der Waals surface area contributed by atoms with E-state index in [-0.39, 0.29) is 10.1 Å². The number of hydrogen-bond acceptors (Lipinski definition) is 4. The molecule has 0 saturated heterocycles. The summed E-state index contributed by atoms with van der Waals surface area (Å²) in [5.41, 5.74) is 0. The number of hydrogen-bond donors (Lipinski definition) is 0. The maximum atomic E-state index is 12.1. The number of sulfone groups is 1. The van der Waals surface area contributed by atoms with E-state index in [9.17, 15) is 8.42 Å². The summed E-state index contributed by atoms with van der Waals surface area (Å²) in [6.07, 6.45) is 6.26. The van der Waals surface area contributed by atoms with Crippen LogP contribution < -0.4 is 0 Å². The van der Waals surface area contributed by atoms with Gasteiger partial charge in [-0.15, -0.1) is 0 Å². The van der Waals surface area contributed by atoms with Crippen LogP contribution in [0.3, 0.4) is 0 Å². The van der Waals surface area contributed by atoms with E-state index in [0.29, 0.717) is 4.73 Å². The van der Waals surface area contributed by atoms with Gasteiger partial charge in [0.1, 0.15) is 4.90 Å². The molecule has 82 valence electrons. The van der Waals surface area contributed by atoms with Gasteiger partial charge in [-0.05, 0) is 28.8 Å². The monoisotopic (exact) mass is 290 g/mol. The number of nitrogens with zero attached hydrogens (tertiary/aromatic N) is 2. The van der Waals surface area contributed by atoms with Crippen molar-refractivity contribution in [1.82, 2.24) is 9.97 Å². The third kappa shape index (κ3) is 2.20. The van der Waals surface area contributed by atoms with Gasteiger partial charge in [-0.3, -0.25) is 0 Å². The summed E-state index contributed by atoms with van der Waals surface area (Å²) in [6, 6.07) is 0. The van der Waals surface area contributed by atoms with Gasteiger partial charge in [-0.1, -0.05) is 12.8 Å². The first-order valence-electron chi connectivity index (χ1n) is 4.82. The van der Waals surface area contributed by atoms with Gasteiger partial charge in [-0.25, -0.2) is 18.4 Å². The highest BCUT2D eigenvalue weighted by Gasteiger charge is 2.30. The summed E-state index contributed by atoms with van der Waals surface area (Å²) >= 11 is 3.08. The standard InChI is InChI=1S/C9H11BrN2O2S/c10-9-11-5-8(6-12-9)15(13,14)7-3-1-2-4-7/h5-7H,1-4H2. The molecule has 1 aromatic heterocycles. The zero-order chi connectivity index (χ0) is 10.9. The van der Waals surface area contributed by atoms with Crippen molar-refractivity contribution in [2.24, 2.45) is 0 Å². The minimum Gasteiger partial charge on any atom is -0.229 e. The Morgan fingerprint density at radius 1 is 1.20 bits per heavy atom. The predicted octanol–water partition coefficient (Wildman–Crippen LogP) is 1.96. The van der Waals surface area contributed by atoms with Crippen LogP contribution in [0.15, 0.2) is 22.0 Å². The summed E-state index contributed by atoms with van der Waals surface area (Å²) < 4.78 is 24.5. The molecule has 1 fully saturated rings. The second-order valence-electron chi connectivity index (χ2n) is 3.64. The molecular weight excluding hydrogens is 280 g/mol. The molecule has 4 nitrogen and oxygen atoms in total. The Balaban J connectivity index is 2.32. The Hall–Kier alpha value is -0.490. The molecule has 2 rings (SSSR count). The van der Waals surface area contributed by atoms with E-state index in [2.05, 4.69) is 25.9 Å². The van der Waals surface area contributed by atoms with Gasteiger partial charge >= 0.3 is 0 Å². The minimum absolute atomic E-state index is 0.234. The number of aromatic nitrogens is 2. The molecule has 1 aliphatic carbocycles. The van der Waals surface area contributed by atoms with Crippen LogP contribution >= 0.6 is 15.9 Å². The van der Waals surface area contributed by atoms with Crippen molar-refractivity contribution in [3.05, 3.63) is 17.1 Å². The molecule has 0 bridgehead atoms. The van der Waals surface area contributed by atoms with E-state index in [1.54, 1.807) is 0 Å². The Morgan fingerprint density at radius 2 is 1.73 bits per heavy atom. The molecule has 1 aromatic rings. The SMILES string of the molecule is O=S(=O)(c1cnc(Br)nc1)C1CCCC1. The van der Waals surface area contributed by atoms with Crippen LogP contribution in [0, 0.1) is 0 Å². The predicted molar refractivity (Wildman–Crippen MR) is 59.2 cm³/mol. The smallest absolute Gasteiger partial charge is 0.196 e. The number of rotatable bonds is 2. The molecule has 0 aliphatic heterocycles. The molecule has 0 aromatic carbocycles. The third-order valence-corrected chi connectivity index (χ3v) is 5.29. The second-order valence-corrected chi connectivity index (χ2v) is 6.58. The van der Waals surface area contributed by atoms with Crippen molar-refractivity contribution >= 4 is 25.8 Å². The van der Waals surface area contributed by atoms with Gasteiger partial charge in [0.25, 0.3) is 0 Å².